The van der Waals surface area contributed by atoms with Gasteiger partial charge in [0.05, 0.1) is 23.8 Å². The fourth-order valence-electron chi connectivity index (χ4n) is 2.02. The first-order valence-corrected chi connectivity index (χ1v) is 6.75. The normalized spacial score (nSPS) is 10.6. The lowest BCUT2D eigenvalue weighted by atomic mass is 10.2. The molecule has 21 heavy (non-hydrogen) atoms. The van der Waals surface area contributed by atoms with Gasteiger partial charge in [0, 0.05) is 17.1 Å². The molecule has 0 atom stereocenters. The number of hydrogen-bond acceptors (Lipinski definition) is 3. The third kappa shape index (κ3) is 3.03. The first-order chi connectivity index (χ1) is 10.2. The zero-order valence-electron chi connectivity index (χ0n) is 11.0. The topological polar surface area (TPSA) is 42.7 Å². The third-order valence-corrected chi connectivity index (χ3v) is 3.29. The summed E-state index contributed by atoms with van der Waals surface area (Å²) in [6.45, 7) is 0.356. The van der Waals surface area contributed by atoms with Gasteiger partial charge in [0.15, 0.2) is 0 Å². The van der Waals surface area contributed by atoms with Crippen molar-refractivity contribution in [3.05, 3.63) is 71.3 Å². The SMILES string of the molecule is Fc1cc(Cl)ccc1CNc1ccccc1-n1ccnn1. The van der Waals surface area contributed by atoms with E-state index in [1.807, 2.05) is 24.3 Å². The van der Waals surface area contributed by atoms with Gasteiger partial charge in [-0.2, -0.15) is 0 Å². The molecule has 106 valence electrons. The lowest BCUT2D eigenvalue weighted by Crippen LogP contribution is -2.06. The Bertz CT molecular complexity index is 743. The van der Waals surface area contributed by atoms with E-state index in [1.165, 1.54) is 6.07 Å². The zero-order valence-corrected chi connectivity index (χ0v) is 11.8. The number of para-hydroxylation sites is 2. The molecule has 0 saturated heterocycles. The number of nitrogens with zero attached hydrogens (tertiary/aromatic N) is 3. The molecular weight excluding hydrogens is 291 g/mol. The maximum absolute atomic E-state index is 13.8. The van der Waals surface area contributed by atoms with Gasteiger partial charge >= 0.3 is 0 Å². The van der Waals surface area contributed by atoms with E-state index in [0.29, 0.717) is 17.1 Å². The summed E-state index contributed by atoms with van der Waals surface area (Å²) in [7, 11) is 0. The van der Waals surface area contributed by atoms with Gasteiger partial charge in [0.2, 0.25) is 0 Å². The molecule has 1 aromatic heterocycles. The Kier molecular flexibility index (Phi) is 3.83. The van der Waals surface area contributed by atoms with Crippen molar-refractivity contribution in [1.29, 1.82) is 0 Å². The van der Waals surface area contributed by atoms with Gasteiger partial charge in [-0.1, -0.05) is 35.0 Å². The van der Waals surface area contributed by atoms with E-state index >= 15 is 0 Å². The Morgan fingerprint density at radius 1 is 1.19 bits per heavy atom. The number of rotatable bonds is 4. The van der Waals surface area contributed by atoms with Gasteiger partial charge in [-0.25, -0.2) is 9.07 Å². The summed E-state index contributed by atoms with van der Waals surface area (Å²) in [6, 6.07) is 12.3. The highest BCUT2D eigenvalue weighted by Crippen LogP contribution is 2.21. The monoisotopic (exact) mass is 302 g/mol. The highest BCUT2D eigenvalue weighted by molar-refractivity contribution is 6.30. The Labute approximate surface area is 126 Å². The average molecular weight is 303 g/mol. The van der Waals surface area contributed by atoms with Gasteiger partial charge in [-0.3, -0.25) is 0 Å². The molecule has 6 heteroatoms. The van der Waals surface area contributed by atoms with Crippen molar-refractivity contribution in [2.45, 2.75) is 6.54 Å². The first kappa shape index (κ1) is 13.6. The maximum atomic E-state index is 13.8. The molecule has 3 aromatic rings. The number of benzene rings is 2. The summed E-state index contributed by atoms with van der Waals surface area (Å²) < 4.78 is 15.4. The predicted octanol–water partition coefficient (Wildman–Crippen LogP) is 3.67. The van der Waals surface area contributed by atoms with E-state index in [1.54, 1.807) is 29.2 Å². The number of halogens is 2. The fraction of sp³-hybridized carbons (Fsp3) is 0.0667. The second-order valence-electron chi connectivity index (χ2n) is 4.45. The average Bonchev–Trinajstić information content (AvgIpc) is 3.01. The molecular formula is C15H12ClFN4. The van der Waals surface area contributed by atoms with Crippen LogP contribution in [0.4, 0.5) is 10.1 Å². The van der Waals surface area contributed by atoms with Crippen LogP contribution in [-0.2, 0) is 6.54 Å². The van der Waals surface area contributed by atoms with E-state index in [2.05, 4.69) is 15.6 Å². The van der Waals surface area contributed by atoms with Gasteiger partial charge in [-0.15, -0.1) is 5.10 Å². The Morgan fingerprint density at radius 3 is 2.81 bits per heavy atom. The van der Waals surface area contributed by atoms with Crippen molar-refractivity contribution >= 4 is 17.3 Å². The molecule has 0 spiro atoms. The largest absolute Gasteiger partial charge is 0.379 e. The quantitative estimate of drug-likeness (QED) is 0.799. The van der Waals surface area contributed by atoms with Crippen molar-refractivity contribution in [1.82, 2.24) is 15.0 Å². The minimum atomic E-state index is -0.326. The molecule has 4 nitrogen and oxygen atoms in total. The Morgan fingerprint density at radius 2 is 2.05 bits per heavy atom. The summed E-state index contributed by atoms with van der Waals surface area (Å²) in [5, 5.41) is 11.4. The van der Waals surface area contributed by atoms with Crippen LogP contribution >= 0.6 is 11.6 Å². The number of hydrogen-bond donors (Lipinski definition) is 1. The van der Waals surface area contributed by atoms with Gasteiger partial charge in [0.25, 0.3) is 0 Å². The van der Waals surface area contributed by atoms with Gasteiger partial charge < -0.3 is 5.32 Å². The van der Waals surface area contributed by atoms with Crippen molar-refractivity contribution in [3.8, 4) is 5.69 Å². The fourth-order valence-corrected chi connectivity index (χ4v) is 2.17. The lowest BCUT2D eigenvalue weighted by molar-refractivity contribution is 0.613. The van der Waals surface area contributed by atoms with Gasteiger partial charge in [0.1, 0.15) is 5.82 Å². The van der Waals surface area contributed by atoms with Gasteiger partial charge in [-0.05, 0) is 24.3 Å². The number of nitrogens with one attached hydrogen (secondary N) is 1. The summed E-state index contributed by atoms with van der Waals surface area (Å²) >= 11 is 5.75. The molecule has 3 rings (SSSR count). The second kappa shape index (κ2) is 5.93. The highest BCUT2D eigenvalue weighted by atomic mass is 35.5. The lowest BCUT2D eigenvalue weighted by Gasteiger charge is -2.12. The number of aromatic nitrogens is 3. The zero-order chi connectivity index (χ0) is 14.7. The smallest absolute Gasteiger partial charge is 0.129 e. The Hall–Kier alpha value is -2.40. The molecule has 1 heterocycles. The molecule has 2 aromatic carbocycles. The molecule has 0 aliphatic rings. The van der Waals surface area contributed by atoms with E-state index < -0.39 is 0 Å². The molecule has 0 aliphatic heterocycles. The summed E-state index contributed by atoms with van der Waals surface area (Å²) in [5.41, 5.74) is 2.24. The van der Waals surface area contributed by atoms with E-state index in [9.17, 15) is 4.39 Å². The highest BCUT2D eigenvalue weighted by Gasteiger charge is 2.07. The van der Waals surface area contributed by atoms with Crippen LogP contribution in [0, 0.1) is 5.82 Å². The summed E-state index contributed by atoms with van der Waals surface area (Å²) in [6.07, 6.45) is 3.36. The van der Waals surface area contributed by atoms with Crippen LogP contribution in [0.3, 0.4) is 0 Å². The van der Waals surface area contributed by atoms with Crippen LogP contribution in [0.25, 0.3) is 5.69 Å². The Balaban J connectivity index is 1.83. The molecule has 0 bridgehead atoms. The van der Waals surface area contributed by atoms with Crippen molar-refractivity contribution in [2.75, 3.05) is 5.32 Å². The molecule has 0 saturated carbocycles. The molecule has 1 N–H and O–H groups in total. The van der Waals surface area contributed by atoms with Crippen molar-refractivity contribution < 1.29 is 4.39 Å². The number of anilines is 1. The first-order valence-electron chi connectivity index (χ1n) is 6.37. The van der Waals surface area contributed by atoms with E-state index in [0.717, 1.165) is 11.4 Å². The summed E-state index contributed by atoms with van der Waals surface area (Å²) in [4.78, 5) is 0. The van der Waals surface area contributed by atoms with Crippen LogP contribution in [0.15, 0.2) is 54.9 Å². The van der Waals surface area contributed by atoms with Crippen molar-refractivity contribution in [3.63, 3.8) is 0 Å². The second-order valence-corrected chi connectivity index (χ2v) is 4.89. The molecule has 0 radical (unpaired) electrons. The molecule has 0 amide bonds. The van der Waals surface area contributed by atoms with Crippen LogP contribution in [0.5, 0.6) is 0 Å². The summed E-state index contributed by atoms with van der Waals surface area (Å²) in [5.74, 6) is -0.326. The molecule has 0 fully saturated rings. The maximum Gasteiger partial charge on any atom is 0.129 e. The van der Waals surface area contributed by atoms with Crippen LogP contribution in [0.1, 0.15) is 5.56 Å². The van der Waals surface area contributed by atoms with Crippen LogP contribution in [-0.4, -0.2) is 15.0 Å². The third-order valence-electron chi connectivity index (χ3n) is 3.06. The van der Waals surface area contributed by atoms with Crippen molar-refractivity contribution in [2.24, 2.45) is 0 Å². The predicted molar refractivity (Wildman–Crippen MR) is 80.1 cm³/mol. The van der Waals surface area contributed by atoms with Crippen LogP contribution in [0.2, 0.25) is 5.02 Å². The molecule has 0 unspecified atom stereocenters. The van der Waals surface area contributed by atoms with E-state index in [4.69, 9.17) is 11.6 Å². The van der Waals surface area contributed by atoms with Crippen LogP contribution < -0.4 is 5.32 Å². The van der Waals surface area contributed by atoms with E-state index in [-0.39, 0.29) is 5.82 Å². The minimum Gasteiger partial charge on any atom is -0.379 e. The molecule has 0 aliphatic carbocycles. The standard InChI is InChI=1S/C15H12ClFN4/c16-12-6-5-11(13(17)9-12)10-18-14-3-1-2-4-15(14)21-8-7-19-20-21/h1-9,18H,10H2. The minimum absolute atomic E-state index is 0.326.